The summed E-state index contributed by atoms with van der Waals surface area (Å²) in [6.45, 7) is 7.17. The number of hydrogen-bond donors (Lipinski definition) is 2. The highest BCUT2D eigenvalue weighted by Crippen LogP contribution is 2.20. The first kappa shape index (κ1) is 15.9. The normalized spacial score (nSPS) is 25.0. The van der Waals surface area contributed by atoms with E-state index in [1.807, 2.05) is 7.05 Å². The van der Waals surface area contributed by atoms with Crippen LogP contribution in [0.3, 0.4) is 0 Å². The van der Waals surface area contributed by atoms with Crippen LogP contribution in [-0.2, 0) is 0 Å². The number of piperidine rings is 1. The average Bonchev–Trinajstić information content (AvgIpc) is 2.43. The van der Waals surface area contributed by atoms with Gasteiger partial charge in [0.05, 0.1) is 6.61 Å². The molecule has 1 rings (SSSR count). The van der Waals surface area contributed by atoms with Gasteiger partial charge in [0, 0.05) is 11.6 Å². The van der Waals surface area contributed by atoms with Gasteiger partial charge in [-0.3, -0.25) is 0 Å². The summed E-state index contributed by atoms with van der Waals surface area (Å²) < 4.78 is 0. The third kappa shape index (κ3) is 4.87. The van der Waals surface area contributed by atoms with Crippen LogP contribution in [-0.4, -0.2) is 48.3 Å². The fourth-order valence-corrected chi connectivity index (χ4v) is 2.93. The molecule has 0 aromatic heterocycles. The van der Waals surface area contributed by atoms with Gasteiger partial charge < -0.3 is 15.3 Å². The predicted molar refractivity (Wildman–Crippen MR) is 77.9 cm³/mol. The molecule has 3 heteroatoms. The lowest BCUT2D eigenvalue weighted by atomic mass is 9.95. The number of rotatable bonds is 8. The quantitative estimate of drug-likeness (QED) is 0.655. The molecule has 0 aromatic rings. The average molecular weight is 256 g/mol. The van der Waals surface area contributed by atoms with Crippen molar-refractivity contribution in [2.75, 3.05) is 26.7 Å². The predicted octanol–water partition coefficient (Wildman–Crippen LogP) is 2.39. The van der Waals surface area contributed by atoms with Crippen LogP contribution < -0.4 is 5.32 Å². The van der Waals surface area contributed by atoms with Crippen molar-refractivity contribution < 1.29 is 5.11 Å². The molecular formula is C15H32N2O. The maximum Gasteiger partial charge on any atom is 0.0610 e. The molecule has 0 saturated carbocycles. The molecular weight excluding hydrogens is 224 g/mol. The fourth-order valence-electron chi connectivity index (χ4n) is 2.93. The molecule has 0 bridgehead atoms. The van der Waals surface area contributed by atoms with Crippen LogP contribution in [0.15, 0.2) is 0 Å². The lowest BCUT2D eigenvalue weighted by Gasteiger charge is -2.35. The Morgan fingerprint density at radius 1 is 1.33 bits per heavy atom. The molecule has 2 atom stereocenters. The molecule has 0 aromatic carbocycles. The Morgan fingerprint density at radius 2 is 2.11 bits per heavy atom. The highest BCUT2D eigenvalue weighted by atomic mass is 16.3. The molecule has 2 N–H and O–H groups in total. The molecule has 1 fully saturated rings. The highest BCUT2D eigenvalue weighted by Gasteiger charge is 2.22. The van der Waals surface area contributed by atoms with Crippen LogP contribution in [0.4, 0.5) is 0 Å². The molecule has 2 unspecified atom stereocenters. The third-order valence-electron chi connectivity index (χ3n) is 4.60. The van der Waals surface area contributed by atoms with Gasteiger partial charge in [0.2, 0.25) is 0 Å². The SMILES string of the molecule is CCC1CCCCN1CCCCC(C)(CO)NC. The number of aliphatic hydroxyl groups excluding tert-OH is 1. The van der Waals surface area contributed by atoms with Gasteiger partial charge in [-0.1, -0.05) is 19.8 Å². The van der Waals surface area contributed by atoms with Crippen molar-refractivity contribution in [3.05, 3.63) is 0 Å². The van der Waals surface area contributed by atoms with Crippen molar-refractivity contribution in [1.29, 1.82) is 0 Å². The van der Waals surface area contributed by atoms with E-state index in [-0.39, 0.29) is 12.1 Å². The zero-order chi connectivity index (χ0) is 13.4. The minimum atomic E-state index is -0.0912. The first-order valence-corrected chi connectivity index (χ1v) is 7.69. The van der Waals surface area contributed by atoms with Gasteiger partial charge in [0.1, 0.15) is 0 Å². The number of hydrogen-bond acceptors (Lipinski definition) is 3. The Morgan fingerprint density at radius 3 is 2.72 bits per heavy atom. The van der Waals surface area contributed by atoms with E-state index < -0.39 is 0 Å². The van der Waals surface area contributed by atoms with Crippen molar-refractivity contribution in [2.24, 2.45) is 0 Å². The van der Waals surface area contributed by atoms with E-state index in [2.05, 4.69) is 24.1 Å². The van der Waals surface area contributed by atoms with E-state index in [0.29, 0.717) is 0 Å². The van der Waals surface area contributed by atoms with Crippen molar-refractivity contribution in [3.63, 3.8) is 0 Å². The molecule has 1 heterocycles. The number of nitrogens with one attached hydrogen (secondary N) is 1. The first-order valence-electron chi connectivity index (χ1n) is 7.69. The molecule has 0 aliphatic carbocycles. The molecule has 0 amide bonds. The van der Waals surface area contributed by atoms with E-state index in [0.717, 1.165) is 12.5 Å². The van der Waals surface area contributed by atoms with Crippen LogP contribution >= 0.6 is 0 Å². The van der Waals surface area contributed by atoms with E-state index in [1.54, 1.807) is 0 Å². The second-order valence-corrected chi connectivity index (χ2v) is 6.02. The van der Waals surface area contributed by atoms with E-state index in [1.165, 1.54) is 51.6 Å². The summed E-state index contributed by atoms with van der Waals surface area (Å²) >= 11 is 0. The Bertz CT molecular complexity index is 217. The van der Waals surface area contributed by atoms with E-state index in [4.69, 9.17) is 0 Å². The summed E-state index contributed by atoms with van der Waals surface area (Å²) in [7, 11) is 1.94. The van der Waals surface area contributed by atoms with Crippen molar-refractivity contribution in [1.82, 2.24) is 10.2 Å². The summed E-state index contributed by atoms with van der Waals surface area (Å²) in [6, 6.07) is 0.826. The second-order valence-electron chi connectivity index (χ2n) is 6.02. The van der Waals surface area contributed by atoms with Crippen molar-refractivity contribution >= 4 is 0 Å². The molecule has 108 valence electrons. The molecule has 1 aliphatic rings. The maximum atomic E-state index is 9.34. The molecule has 1 saturated heterocycles. The van der Waals surface area contributed by atoms with Crippen LogP contribution in [0, 0.1) is 0 Å². The molecule has 1 aliphatic heterocycles. The topological polar surface area (TPSA) is 35.5 Å². The molecule has 0 spiro atoms. The zero-order valence-electron chi connectivity index (χ0n) is 12.5. The van der Waals surface area contributed by atoms with Crippen LogP contribution in [0.25, 0.3) is 0 Å². The zero-order valence-corrected chi connectivity index (χ0v) is 12.5. The van der Waals surface area contributed by atoms with Crippen LogP contribution in [0.1, 0.15) is 58.8 Å². The monoisotopic (exact) mass is 256 g/mol. The minimum absolute atomic E-state index is 0.0912. The maximum absolute atomic E-state index is 9.34. The largest absolute Gasteiger partial charge is 0.394 e. The summed E-state index contributed by atoms with van der Waals surface area (Å²) in [5, 5.41) is 12.6. The first-order chi connectivity index (χ1) is 8.65. The van der Waals surface area contributed by atoms with E-state index in [9.17, 15) is 5.11 Å². The van der Waals surface area contributed by atoms with Gasteiger partial charge in [-0.25, -0.2) is 0 Å². The van der Waals surface area contributed by atoms with Crippen molar-refractivity contribution in [3.8, 4) is 0 Å². The van der Waals surface area contributed by atoms with Crippen LogP contribution in [0.5, 0.6) is 0 Å². The van der Waals surface area contributed by atoms with Gasteiger partial charge in [-0.2, -0.15) is 0 Å². The van der Waals surface area contributed by atoms with Gasteiger partial charge in [0.25, 0.3) is 0 Å². The Hall–Kier alpha value is -0.120. The number of nitrogens with zero attached hydrogens (tertiary/aromatic N) is 1. The Kier molecular flexibility index (Phi) is 7.20. The molecule has 18 heavy (non-hydrogen) atoms. The molecule has 3 nitrogen and oxygen atoms in total. The smallest absolute Gasteiger partial charge is 0.0610 e. The third-order valence-corrected chi connectivity index (χ3v) is 4.60. The number of aliphatic hydroxyl groups is 1. The fraction of sp³-hybridized carbons (Fsp3) is 1.00. The summed E-state index contributed by atoms with van der Waals surface area (Å²) in [5.74, 6) is 0. The highest BCUT2D eigenvalue weighted by molar-refractivity contribution is 4.81. The number of likely N-dealkylation sites (tertiary alicyclic amines) is 1. The van der Waals surface area contributed by atoms with E-state index >= 15 is 0 Å². The second kappa shape index (κ2) is 8.13. The summed E-state index contributed by atoms with van der Waals surface area (Å²) in [4.78, 5) is 2.68. The van der Waals surface area contributed by atoms with Gasteiger partial charge in [0.15, 0.2) is 0 Å². The van der Waals surface area contributed by atoms with Crippen LogP contribution in [0.2, 0.25) is 0 Å². The molecule has 0 radical (unpaired) electrons. The lowest BCUT2D eigenvalue weighted by Crippen LogP contribution is -2.43. The van der Waals surface area contributed by atoms with Gasteiger partial charge >= 0.3 is 0 Å². The summed E-state index contributed by atoms with van der Waals surface area (Å²) in [5.41, 5.74) is -0.0912. The minimum Gasteiger partial charge on any atom is -0.394 e. The number of likely N-dealkylation sites (N-methyl/N-ethyl adjacent to an activating group) is 1. The number of unbranched alkanes of at least 4 members (excludes halogenated alkanes) is 1. The lowest BCUT2D eigenvalue weighted by molar-refractivity contribution is 0.135. The standard InChI is InChI=1S/C15H32N2O/c1-4-14-9-5-7-11-17(14)12-8-6-10-15(2,13-18)16-3/h14,16,18H,4-13H2,1-3H3. The Balaban J connectivity index is 2.20. The summed E-state index contributed by atoms with van der Waals surface area (Å²) in [6.07, 6.45) is 8.99. The van der Waals surface area contributed by atoms with Gasteiger partial charge in [-0.05, 0) is 59.2 Å². The van der Waals surface area contributed by atoms with Gasteiger partial charge in [-0.15, -0.1) is 0 Å². The van der Waals surface area contributed by atoms with Crippen molar-refractivity contribution in [2.45, 2.75) is 70.4 Å². The Labute approximate surface area is 113 Å².